The number of hydrogen-bond acceptors (Lipinski definition) is 4. The maximum Gasteiger partial charge on any atom is 0.133 e. The van der Waals surface area contributed by atoms with Gasteiger partial charge in [-0.05, 0) is 38.4 Å². The molecule has 1 N–H and O–H groups in total. The van der Waals surface area contributed by atoms with Gasteiger partial charge in [-0.1, -0.05) is 0 Å². The SMILES string of the molecule is CN(Cc1ncc[nH]1)Cc1ccc([C@@H]2CCCCO2)o1. The molecule has 20 heavy (non-hydrogen) atoms. The molecule has 0 aromatic carbocycles. The van der Waals surface area contributed by atoms with Crippen molar-refractivity contribution >= 4 is 0 Å². The Morgan fingerprint density at radius 1 is 1.35 bits per heavy atom. The molecule has 3 heterocycles. The smallest absolute Gasteiger partial charge is 0.133 e. The lowest BCUT2D eigenvalue weighted by molar-refractivity contribution is 0.000901. The Labute approximate surface area is 118 Å². The van der Waals surface area contributed by atoms with Crippen molar-refractivity contribution in [2.24, 2.45) is 0 Å². The zero-order valence-electron chi connectivity index (χ0n) is 11.8. The van der Waals surface area contributed by atoms with E-state index in [4.69, 9.17) is 9.15 Å². The summed E-state index contributed by atoms with van der Waals surface area (Å²) < 4.78 is 11.7. The van der Waals surface area contributed by atoms with Crippen molar-refractivity contribution in [3.05, 3.63) is 41.9 Å². The standard InChI is InChI=1S/C15H21N3O2/c1-18(11-15-16-7-8-17-15)10-12-5-6-14(20-12)13-4-2-3-9-19-13/h5-8,13H,2-4,9-11H2,1H3,(H,16,17)/t13-/m0/s1. The van der Waals surface area contributed by atoms with Crippen LogP contribution in [0.15, 0.2) is 28.9 Å². The minimum Gasteiger partial charge on any atom is -0.462 e. The van der Waals surface area contributed by atoms with Gasteiger partial charge in [0.15, 0.2) is 0 Å². The third-order valence-corrected chi connectivity index (χ3v) is 3.58. The number of aromatic nitrogens is 2. The van der Waals surface area contributed by atoms with Crippen molar-refractivity contribution in [3.63, 3.8) is 0 Å². The van der Waals surface area contributed by atoms with Crippen LogP contribution in [0.4, 0.5) is 0 Å². The molecule has 0 aliphatic carbocycles. The van der Waals surface area contributed by atoms with Crippen LogP contribution in [0.25, 0.3) is 0 Å². The number of nitrogens with zero attached hydrogens (tertiary/aromatic N) is 2. The van der Waals surface area contributed by atoms with Gasteiger partial charge in [-0.15, -0.1) is 0 Å². The zero-order chi connectivity index (χ0) is 13.8. The van der Waals surface area contributed by atoms with Crippen LogP contribution in [-0.4, -0.2) is 28.5 Å². The van der Waals surface area contributed by atoms with E-state index in [0.717, 1.165) is 49.9 Å². The first-order valence-electron chi connectivity index (χ1n) is 7.18. The second-order valence-corrected chi connectivity index (χ2v) is 5.37. The van der Waals surface area contributed by atoms with Crippen LogP contribution < -0.4 is 0 Å². The van der Waals surface area contributed by atoms with Gasteiger partial charge in [0, 0.05) is 19.0 Å². The van der Waals surface area contributed by atoms with E-state index in [9.17, 15) is 0 Å². The normalized spacial score (nSPS) is 19.6. The van der Waals surface area contributed by atoms with E-state index < -0.39 is 0 Å². The van der Waals surface area contributed by atoms with Gasteiger partial charge < -0.3 is 14.1 Å². The average Bonchev–Trinajstić information content (AvgIpc) is 3.11. The molecule has 1 aliphatic heterocycles. The van der Waals surface area contributed by atoms with Crippen LogP contribution in [0, 0.1) is 0 Å². The first kappa shape index (κ1) is 13.4. The third kappa shape index (κ3) is 3.29. The van der Waals surface area contributed by atoms with E-state index in [-0.39, 0.29) is 6.10 Å². The fraction of sp³-hybridized carbons (Fsp3) is 0.533. The topological polar surface area (TPSA) is 54.3 Å². The monoisotopic (exact) mass is 275 g/mol. The van der Waals surface area contributed by atoms with Crippen molar-refractivity contribution in [3.8, 4) is 0 Å². The van der Waals surface area contributed by atoms with E-state index in [2.05, 4.69) is 21.9 Å². The van der Waals surface area contributed by atoms with E-state index in [1.165, 1.54) is 6.42 Å². The molecule has 108 valence electrons. The van der Waals surface area contributed by atoms with Gasteiger partial charge in [0.05, 0.1) is 13.1 Å². The summed E-state index contributed by atoms with van der Waals surface area (Å²) >= 11 is 0. The number of imidazole rings is 1. The highest BCUT2D eigenvalue weighted by atomic mass is 16.5. The molecule has 1 fully saturated rings. The second kappa shape index (κ2) is 6.24. The van der Waals surface area contributed by atoms with Crippen molar-refractivity contribution < 1.29 is 9.15 Å². The molecule has 0 amide bonds. The van der Waals surface area contributed by atoms with E-state index in [1.807, 2.05) is 18.3 Å². The maximum absolute atomic E-state index is 5.92. The average molecular weight is 275 g/mol. The minimum absolute atomic E-state index is 0.146. The van der Waals surface area contributed by atoms with E-state index in [1.54, 1.807) is 6.20 Å². The summed E-state index contributed by atoms with van der Waals surface area (Å²) in [6.07, 6.45) is 7.21. The van der Waals surface area contributed by atoms with Gasteiger partial charge in [0.25, 0.3) is 0 Å². The molecule has 0 saturated carbocycles. The lowest BCUT2D eigenvalue weighted by Gasteiger charge is -2.20. The Hall–Kier alpha value is -1.59. The number of rotatable bonds is 5. The Bertz CT molecular complexity index is 515. The maximum atomic E-state index is 5.92. The number of furan rings is 1. The van der Waals surface area contributed by atoms with Crippen molar-refractivity contribution in [2.75, 3.05) is 13.7 Å². The molecule has 0 radical (unpaired) electrons. The molecule has 0 spiro atoms. The first-order chi connectivity index (χ1) is 9.81. The van der Waals surface area contributed by atoms with Crippen molar-refractivity contribution in [1.29, 1.82) is 0 Å². The number of hydrogen-bond donors (Lipinski definition) is 1. The summed E-state index contributed by atoms with van der Waals surface area (Å²) in [6, 6.07) is 4.10. The Balaban J connectivity index is 1.56. The van der Waals surface area contributed by atoms with Crippen LogP contribution in [-0.2, 0) is 17.8 Å². The van der Waals surface area contributed by atoms with Crippen LogP contribution in [0.1, 0.15) is 42.7 Å². The predicted octanol–water partition coefficient (Wildman–Crippen LogP) is 2.88. The van der Waals surface area contributed by atoms with Gasteiger partial charge >= 0.3 is 0 Å². The summed E-state index contributed by atoms with van der Waals surface area (Å²) in [4.78, 5) is 9.51. The molecule has 1 saturated heterocycles. The molecule has 2 aromatic rings. The Morgan fingerprint density at radius 3 is 3.05 bits per heavy atom. The fourth-order valence-electron chi connectivity index (χ4n) is 2.58. The summed E-state index contributed by atoms with van der Waals surface area (Å²) in [6.45, 7) is 2.40. The molecule has 5 heteroatoms. The van der Waals surface area contributed by atoms with Gasteiger partial charge in [0.1, 0.15) is 23.4 Å². The fourth-order valence-corrected chi connectivity index (χ4v) is 2.58. The Morgan fingerprint density at radius 2 is 2.30 bits per heavy atom. The summed E-state index contributed by atoms with van der Waals surface area (Å²) in [5.41, 5.74) is 0. The lowest BCUT2D eigenvalue weighted by atomic mass is 10.1. The van der Waals surface area contributed by atoms with Gasteiger partial charge in [-0.3, -0.25) is 4.90 Å². The largest absolute Gasteiger partial charge is 0.462 e. The molecule has 1 atom stereocenters. The van der Waals surface area contributed by atoms with Crippen LogP contribution in [0.5, 0.6) is 0 Å². The molecule has 3 rings (SSSR count). The van der Waals surface area contributed by atoms with Gasteiger partial charge in [-0.2, -0.15) is 0 Å². The van der Waals surface area contributed by atoms with Crippen LogP contribution >= 0.6 is 0 Å². The highest BCUT2D eigenvalue weighted by Gasteiger charge is 2.19. The summed E-state index contributed by atoms with van der Waals surface area (Å²) in [5, 5.41) is 0. The van der Waals surface area contributed by atoms with E-state index >= 15 is 0 Å². The lowest BCUT2D eigenvalue weighted by Crippen LogP contribution is -2.17. The molecule has 0 unspecified atom stereocenters. The van der Waals surface area contributed by atoms with E-state index in [0.29, 0.717) is 0 Å². The predicted molar refractivity (Wildman–Crippen MR) is 75.0 cm³/mol. The number of aromatic amines is 1. The van der Waals surface area contributed by atoms with Crippen LogP contribution in [0.2, 0.25) is 0 Å². The van der Waals surface area contributed by atoms with Crippen molar-refractivity contribution in [2.45, 2.75) is 38.5 Å². The molecular formula is C15H21N3O2. The highest BCUT2D eigenvalue weighted by molar-refractivity contribution is 5.10. The number of nitrogens with one attached hydrogen (secondary N) is 1. The second-order valence-electron chi connectivity index (χ2n) is 5.37. The zero-order valence-corrected chi connectivity index (χ0v) is 11.8. The Kier molecular flexibility index (Phi) is 4.18. The molecule has 2 aromatic heterocycles. The van der Waals surface area contributed by atoms with Gasteiger partial charge in [-0.25, -0.2) is 4.98 Å². The summed E-state index contributed by atoms with van der Waals surface area (Å²) in [7, 11) is 2.06. The summed E-state index contributed by atoms with van der Waals surface area (Å²) in [5.74, 6) is 2.91. The molecule has 1 aliphatic rings. The van der Waals surface area contributed by atoms with Crippen LogP contribution in [0.3, 0.4) is 0 Å². The molecular weight excluding hydrogens is 254 g/mol. The number of ether oxygens (including phenoxy) is 1. The van der Waals surface area contributed by atoms with Crippen molar-refractivity contribution in [1.82, 2.24) is 14.9 Å². The quantitative estimate of drug-likeness (QED) is 0.911. The van der Waals surface area contributed by atoms with Gasteiger partial charge in [0.2, 0.25) is 0 Å². The first-order valence-corrected chi connectivity index (χ1v) is 7.18. The highest BCUT2D eigenvalue weighted by Crippen LogP contribution is 2.29. The number of H-pyrrole nitrogens is 1. The third-order valence-electron chi connectivity index (χ3n) is 3.58. The molecule has 5 nitrogen and oxygen atoms in total. The molecule has 0 bridgehead atoms. The minimum atomic E-state index is 0.146.